The predicted octanol–water partition coefficient (Wildman–Crippen LogP) is 2.78. The molecular formula is C26H31N5O4S. The molecule has 0 atom stereocenters. The predicted molar refractivity (Wildman–Crippen MR) is 138 cm³/mol. The van der Waals surface area contributed by atoms with E-state index in [0.29, 0.717) is 42.1 Å². The molecule has 36 heavy (non-hydrogen) atoms. The van der Waals surface area contributed by atoms with Crippen molar-refractivity contribution in [2.75, 3.05) is 50.8 Å². The third kappa shape index (κ3) is 5.07. The molecule has 3 aromatic rings. The van der Waals surface area contributed by atoms with Crippen LogP contribution in [-0.4, -0.2) is 85.5 Å². The summed E-state index contributed by atoms with van der Waals surface area (Å²) >= 11 is 0. The largest absolute Gasteiger partial charge is 0.462 e. The first kappa shape index (κ1) is 24.6. The molecule has 2 aliphatic heterocycles. The molecule has 1 aromatic heterocycles. The number of hydrogen-bond donors (Lipinski definition) is 0. The first-order chi connectivity index (χ1) is 17.5. The minimum absolute atomic E-state index is 0.317. The third-order valence-corrected chi connectivity index (χ3v) is 8.94. The van der Waals surface area contributed by atoms with Crippen molar-refractivity contribution in [3.05, 3.63) is 60.4 Å². The van der Waals surface area contributed by atoms with Crippen LogP contribution in [0.4, 0.5) is 5.95 Å². The van der Waals surface area contributed by atoms with Crippen molar-refractivity contribution in [3.8, 4) is 0 Å². The van der Waals surface area contributed by atoms with E-state index in [4.69, 9.17) is 4.74 Å². The molecule has 0 bridgehead atoms. The lowest BCUT2D eigenvalue weighted by Crippen LogP contribution is -2.54. The van der Waals surface area contributed by atoms with Crippen LogP contribution in [0.3, 0.4) is 0 Å². The van der Waals surface area contributed by atoms with Crippen LogP contribution in [-0.2, 0) is 14.8 Å². The minimum atomic E-state index is -3.52. The van der Waals surface area contributed by atoms with Gasteiger partial charge in [-0.25, -0.2) is 23.2 Å². The van der Waals surface area contributed by atoms with Gasteiger partial charge in [0.15, 0.2) is 0 Å². The first-order valence-corrected chi connectivity index (χ1v) is 13.9. The zero-order chi connectivity index (χ0) is 25.1. The van der Waals surface area contributed by atoms with E-state index in [2.05, 4.69) is 19.8 Å². The van der Waals surface area contributed by atoms with Gasteiger partial charge in [-0.3, -0.25) is 4.90 Å². The molecule has 0 saturated carbocycles. The van der Waals surface area contributed by atoms with Crippen molar-refractivity contribution in [2.45, 2.75) is 30.7 Å². The Balaban J connectivity index is 1.15. The average molecular weight is 510 g/mol. The van der Waals surface area contributed by atoms with Crippen molar-refractivity contribution in [2.24, 2.45) is 0 Å². The number of fused-ring (bicyclic) bond motifs is 1. The van der Waals surface area contributed by atoms with Gasteiger partial charge in [0.25, 0.3) is 0 Å². The Bertz CT molecular complexity index is 1320. The van der Waals surface area contributed by atoms with Crippen molar-refractivity contribution in [1.29, 1.82) is 0 Å². The highest BCUT2D eigenvalue weighted by atomic mass is 32.2. The molecule has 5 rings (SSSR count). The summed E-state index contributed by atoms with van der Waals surface area (Å²) in [5.41, 5.74) is 0.354. The number of esters is 1. The molecule has 0 unspecified atom stereocenters. The van der Waals surface area contributed by atoms with E-state index < -0.39 is 16.0 Å². The van der Waals surface area contributed by atoms with E-state index in [1.807, 2.05) is 30.3 Å². The van der Waals surface area contributed by atoms with Crippen LogP contribution >= 0.6 is 0 Å². The number of carbonyl (C=O) groups excluding carboxylic acids is 1. The quantitative estimate of drug-likeness (QED) is 0.468. The molecule has 10 heteroatoms. The highest BCUT2D eigenvalue weighted by Gasteiger charge is 2.33. The Labute approximate surface area is 211 Å². The maximum atomic E-state index is 13.3. The van der Waals surface area contributed by atoms with E-state index in [-0.39, 0.29) is 0 Å². The Morgan fingerprint density at radius 3 is 2.28 bits per heavy atom. The molecule has 2 fully saturated rings. The second-order valence-corrected chi connectivity index (χ2v) is 11.1. The molecule has 0 radical (unpaired) electrons. The molecule has 2 saturated heterocycles. The second kappa shape index (κ2) is 10.5. The second-order valence-electron chi connectivity index (χ2n) is 9.16. The summed E-state index contributed by atoms with van der Waals surface area (Å²) in [4.78, 5) is 25.4. The van der Waals surface area contributed by atoms with Gasteiger partial charge in [0.2, 0.25) is 16.0 Å². The van der Waals surface area contributed by atoms with Gasteiger partial charge in [-0.15, -0.1) is 0 Å². The highest BCUT2D eigenvalue weighted by molar-refractivity contribution is 7.89. The number of ether oxygens (including phenoxy) is 1. The summed E-state index contributed by atoms with van der Waals surface area (Å²) in [5, 5.41) is 1.97. The van der Waals surface area contributed by atoms with Gasteiger partial charge in [0.05, 0.1) is 17.1 Å². The highest BCUT2D eigenvalue weighted by Crippen LogP contribution is 2.25. The summed E-state index contributed by atoms with van der Waals surface area (Å²) in [5.74, 6) is 0.206. The van der Waals surface area contributed by atoms with E-state index in [1.54, 1.807) is 23.4 Å². The summed E-state index contributed by atoms with van der Waals surface area (Å²) in [7, 11) is -3.52. The zero-order valence-electron chi connectivity index (χ0n) is 20.4. The molecular weight excluding hydrogens is 478 g/mol. The molecule has 0 amide bonds. The van der Waals surface area contributed by atoms with Gasteiger partial charge < -0.3 is 9.64 Å². The van der Waals surface area contributed by atoms with Gasteiger partial charge in [-0.1, -0.05) is 30.3 Å². The number of piperazine rings is 1. The number of aromatic nitrogens is 2. The summed E-state index contributed by atoms with van der Waals surface area (Å²) < 4.78 is 33.1. The number of anilines is 1. The number of carbonyl (C=O) groups is 1. The molecule has 2 aromatic carbocycles. The van der Waals surface area contributed by atoms with E-state index in [0.717, 1.165) is 49.8 Å². The maximum absolute atomic E-state index is 13.3. The third-order valence-electron chi connectivity index (χ3n) is 7.05. The van der Waals surface area contributed by atoms with Crippen LogP contribution in [0.1, 0.15) is 30.1 Å². The summed E-state index contributed by atoms with van der Waals surface area (Å²) in [6, 6.07) is 13.6. The number of hydrogen-bond acceptors (Lipinski definition) is 8. The Morgan fingerprint density at radius 1 is 0.944 bits per heavy atom. The minimum Gasteiger partial charge on any atom is -0.462 e. The SMILES string of the molecule is CCOC(=O)c1cnc(N2CCC(N3CCN(S(=O)(=O)c4ccc5ccccc5c4)CC3)CC2)nc1. The number of rotatable bonds is 6. The molecule has 9 nitrogen and oxygen atoms in total. The average Bonchev–Trinajstić information content (AvgIpc) is 2.93. The van der Waals surface area contributed by atoms with Crippen LogP contribution in [0, 0.1) is 0 Å². The van der Waals surface area contributed by atoms with Crippen molar-refractivity contribution >= 4 is 32.7 Å². The fourth-order valence-corrected chi connectivity index (χ4v) is 6.48. The summed E-state index contributed by atoms with van der Waals surface area (Å²) in [6.45, 7) is 6.16. The fourth-order valence-electron chi connectivity index (χ4n) is 5.02. The number of piperidine rings is 1. The Kier molecular flexibility index (Phi) is 7.17. The summed E-state index contributed by atoms with van der Waals surface area (Å²) in [6.07, 6.45) is 4.95. The molecule has 190 valence electrons. The fraction of sp³-hybridized carbons (Fsp3) is 0.423. The number of sulfonamides is 1. The normalized spacial score (nSPS) is 18.4. The topological polar surface area (TPSA) is 95.9 Å². The molecule has 0 spiro atoms. The van der Waals surface area contributed by atoms with Gasteiger partial charge in [-0.2, -0.15) is 4.31 Å². The van der Waals surface area contributed by atoms with Crippen LogP contribution in [0.15, 0.2) is 59.8 Å². The van der Waals surface area contributed by atoms with Gasteiger partial charge in [0.1, 0.15) is 0 Å². The van der Waals surface area contributed by atoms with E-state index in [9.17, 15) is 13.2 Å². The standard InChI is InChI=1S/C26H31N5O4S/c1-2-35-25(32)22-18-27-26(28-19-22)30-11-9-23(10-12-30)29-13-15-31(16-14-29)36(33,34)24-8-7-20-5-3-4-6-21(20)17-24/h3-8,17-19,23H,2,9-16H2,1H3. The van der Waals surface area contributed by atoms with Crippen LogP contribution in [0.2, 0.25) is 0 Å². The lowest BCUT2D eigenvalue weighted by molar-refractivity contribution is 0.0525. The smallest absolute Gasteiger partial charge is 0.341 e. The Morgan fingerprint density at radius 2 is 1.61 bits per heavy atom. The Hall–Kier alpha value is -3.08. The van der Waals surface area contributed by atoms with Crippen molar-refractivity contribution in [1.82, 2.24) is 19.2 Å². The maximum Gasteiger partial charge on any atom is 0.341 e. The zero-order valence-corrected chi connectivity index (χ0v) is 21.2. The molecule has 3 heterocycles. The van der Waals surface area contributed by atoms with Crippen LogP contribution < -0.4 is 4.90 Å². The number of nitrogens with zero attached hydrogens (tertiary/aromatic N) is 5. The van der Waals surface area contributed by atoms with Gasteiger partial charge in [-0.05, 0) is 42.7 Å². The van der Waals surface area contributed by atoms with Gasteiger partial charge >= 0.3 is 5.97 Å². The lowest BCUT2D eigenvalue weighted by atomic mass is 10.0. The van der Waals surface area contributed by atoms with Crippen molar-refractivity contribution in [3.63, 3.8) is 0 Å². The van der Waals surface area contributed by atoms with Gasteiger partial charge in [0, 0.05) is 57.7 Å². The molecule has 2 aliphatic rings. The lowest BCUT2D eigenvalue weighted by Gasteiger charge is -2.42. The number of benzene rings is 2. The monoisotopic (exact) mass is 509 g/mol. The van der Waals surface area contributed by atoms with E-state index >= 15 is 0 Å². The molecule has 0 aliphatic carbocycles. The van der Waals surface area contributed by atoms with Crippen LogP contribution in [0.25, 0.3) is 10.8 Å². The molecule has 0 N–H and O–H groups in total. The van der Waals surface area contributed by atoms with Crippen molar-refractivity contribution < 1.29 is 17.9 Å². The first-order valence-electron chi connectivity index (χ1n) is 12.4. The van der Waals surface area contributed by atoms with E-state index in [1.165, 1.54) is 12.4 Å². The van der Waals surface area contributed by atoms with Crippen LogP contribution in [0.5, 0.6) is 0 Å².